The van der Waals surface area contributed by atoms with Gasteiger partial charge in [0.25, 0.3) is 0 Å². The van der Waals surface area contributed by atoms with Gasteiger partial charge in [0.1, 0.15) is 11.7 Å². The molecule has 4 aliphatic rings. The monoisotopic (exact) mass is 278 g/mol. The van der Waals surface area contributed by atoms with Crippen LogP contribution in [0.2, 0.25) is 0 Å². The highest BCUT2D eigenvalue weighted by molar-refractivity contribution is 5.91. The van der Waals surface area contributed by atoms with E-state index in [0.717, 1.165) is 0 Å². The van der Waals surface area contributed by atoms with Gasteiger partial charge in [-0.2, -0.15) is 0 Å². The average Bonchev–Trinajstić information content (AvgIpc) is 2.92. The topological polar surface area (TPSA) is 65.0 Å². The molecule has 4 rings (SSSR count). The molecule has 3 fully saturated rings. The largest absolute Gasteiger partial charge is 0.458 e. The lowest BCUT2D eigenvalue weighted by atomic mass is 9.71. The van der Waals surface area contributed by atoms with Gasteiger partial charge in [-0.05, 0) is 32.8 Å². The Morgan fingerprint density at radius 3 is 2.75 bits per heavy atom. The maximum Gasteiger partial charge on any atom is 0.334 e. The van der Waals surface area contributed by atoms with Crippen LogP contribution in [0.25, 0.3) is 0 Å². The highest BCUT2D eigenvalue weighted by Crippen LogP contribution is 2.61. The molecule has 6 atom stereocenters. The molecule has 0 radical (unpaired) electrons. The fourth-order valence-corrected chi connectivity index (χ4v) is 4.32. The molecule has 0 spiro atoms. The van der Waals surface area contributed by atoms with E-state index < -0.39 is 16.8 Å². The maximum absolute atomic E-state index is 11.9. The first-order valence-corrected chi connectivity index (χ1v) is 7.00. The Bertz CT molecular complexity index is 550. The molecule has 20 heavy (non-hydrogen) atoms. The lowest BCUT2D eigenvalue weighted by molar-refractivity contribution is -0.360. The van der Waals surface area contributed by atoms with Gasteiger partial charge in [0.05, 0.1) is 11.5 Å². The van der Waals surface area contributed by atoms with Gasteiger partial charge >= 0.3 is 5.97 Å². The fourth-order valence-electron chi connectivity index (χ4n) is 4.32. The first kappa shape index (κ1) is 12.6. The van der Waals surface area contributed by atoms with Gasteiger partial charge in [-0.3, -0.25) is 0 Å². The average molecular weight is 278 g/mol. The summed E-state index contributed by atoms with van der Waals surface area (Å²) in [6.07, 6.45) is 4.59. The molecule has 5 unspecified atom stereocenters. The molecule has 0 amide bonds. The molecule has 0 aromatic carbocycles. The molecule has 2 bridgehead atoms. The zero-order valence-corrected chi connectivity index (χ0v) is 11.6. The molecule has 0 aromatic rings. The summed E-state index contributed by atoms with van der Waals surface area (Å²) in [5.41, 5.74) is -2.20. The van der Waals surface area contributed by atoms with Crippen LogP contribution in [-0.2, 0) is 19.3 Å². The van der Waals surface area contributed by atoms with E-state index in [1.807, 2.05) is 19.1 Å². The van der Waals surface area contributed by atoms with E-state index in [0.29, 0.717) is 18.4 Å². The normalized spacial score (nSPS) is 56.5. The number of ether oxygens (including phenoxy) is 1. The Balaban J connectivity index is 1.88. The first-order chi connectivity index (χ1) is 9.31. The van der Waals surface area contributed by atoms with Gasteiger partial charge in [0.2, 0.25) is 0 Å². The van der Waals surface area contributed by atoms with Gasteiger partial charge in [-0.15, -0.1) is 0 Å². The molecular formula is C15H18O5. The highest BCUT2D eigenvalue weighted by Gasteiger charge is 2.73. The number of rotatable bonds is 0. The van der Waals surface area contributed by atoms with Gasteiger partial charge in [-0.25, -0.2) is 14.6 Å². The molecule has 2 aliphatic carbocycles. The summed E-state index contributed by atoms with van der Waals surface area (Å²) < 4.78 is 5.56. The quantitative estimate of drug-likeness (QED) is 0.313. The Labute approximate surface area is 117 Å². The summed E-state index contributed by atoms with van der Waals surface area (Å²) in [5.74, 6) is -0.669. The van der Waals surface area contributed by atoms with Gasteiger partial charge in [0.15, 0.2) is 5.60 Å². The lowest BCUT2D eigenvalue weighted by Crippen LogP contribution is -2.56. The minimum absolute atomic E-state index is 0.0784. The second kappa shape index (κ2) is 3.35. The molecule has 5 heteroatoms. The third kappa shape index (κ3) is 1.18. The van der Waals surface area contributed by atoms with E-state index in [1.165, 1.54) is 0 Å². The SMILES string of the molecule is C=C1C(=O)OC2C1CC[C@@](C)(O)C13C=CC(C)(OO1)C23. The Morgan fingerprint density at radius 2 is 2.10 bits per heavy atom. The molecular weight excluding hydrogens is 260 g/mol. The molecule has 2 heterocycles. The van der Waals surface area contributed by atoms with Crippen molar-refractivity contribution in [2.24, 2.45) is 11.8 Å². The van der Waals surface area contributed by atoms with Crippen molar-refractivity contribution in [2.75, 3.05) is 0 Å². The zero-order chi connectivity index (χ0) is 14.3. The van der Waals surface area contributed by atoms with Crippen molar-refractivity contribution in [3.8, 4) is 0 Å². The number of fused-ring (bicyclic) bond motifs is 1. The van der Waals surface area contributed by atoms with E-state index in [-0.39, 0.29) is 23.9 Å². The van der Waals surface area contributed by atoms with Crippen molar-refractivity contribution in [1.29, 1.82) is 0 Å². The standard InChI is InChI=1S/C15H18O5/c1-8-9-4-5-14(3,17)15-7-6-13(2,19-20-15)11(15)10(9)18-12(8)16/h6-7,9-11,17H,1,4-5H2,2-3H3/t9?,10?,11?,13?,14-,15?/m1/s1. The van der Waals surface area contributed by atoms with Crippen molar-refractivity contribution in [3.63, 3.8) is 0 Å². The van der Waals surface area contributed by atoms with Crippen molar-refractivity contribution < 1.29 is 24.4 Å². The fraction of sp³-hybridized carbons (Fsp3) is 0.667. The molecule has 2 aliphatic heterocycles. The first-order valence-electron chi connectivity index (χ1n) is 7.00. The van der Waals surface area contributed by atoms with E-state index in [1.54, 1.807) is 6.92 Å². The third-order valence-corrected chi connectivity index (χ3v) is 5.56. The highest BCUT2D eigenvalue weighted by atomic mass is 17.2. The second-order valence-electron chi connectivity index (χ2n) is 6.77. The van der Waals surface area contributed by atoms with Crippen LogP contribution in [0.5, 0.6) is 0 Å². The van der Waals surface area contributed by atoms with E-state index >= 15 is 0 Å². The smallest absolute Gasteiger partial charge is 0.334 e. The van der Waals surface area contributed by atoms with Gasteiger partial charge < -0.3 is 9.84 Å². The minimum atomic E-state index is -1.07. The van der Waals surface area contributed by atoms with Crippen LogP contribution in [0.4, 0.5) is 0 Å². The predicted molar refractivity (Wildman–Crippen MR) is 68.3 cm³/mol. The summed E-state index contributed by atoms with van der Waals surface area (Å²) in [6, 6.07) is 0. The zero-order valence-electron chi connectivity index (χ0n) is 11.6. The summed E-state index contributed by atoms with van der Waals surface area (Å²) in [7, 11) is 0. The van der Waals surface area contributed by atoms with Gasteiger partial charge in [0, 0.05) is 11.5 Å². The number of hydrogen-bond donors (Lipinski definition) is 1. The van der Waals surface area contributed by atoms with Crippen LogP contribution in [0, 0.1) is 11.8 Å². The van der Waals surface area contributed by atoms with Crippen molar-refractivity contribution in [2.45, 2.75) is 49.6 Å². The number of carbonyl (C=O) groups is 1. The second-order valence-corrected chi connectivity index (χ2v) is 6.77. The maximum atomic E-state index is 11.9. The third-order valence-electron chi connectivity index (χ3n) is 5.56. The minimum Gasteiger partial charge on any atom is -0.458 e. The van der Waals surface area contributed by atoms with Crippen LogP contribution in [0.15, 0.2) is 24.3 Å². The number of hydrogen-bond acceptors (Lipinski definition) is 5. The lowest BCUT2D eigenvalue weighted by Gasteiger charge is -2.39. The number of aliphatic hydroxyl groups is 1. The Morgan fingerprint density at radius 1 is 1.35 bits per heavy atom. The number of esters is 1. The molecule has 2 saturated heterocycles. The summed E-state index contributed by atoms with van der Waals surface area (Å²) >= 11 is 0. The van der Waals surface area contributed by atoms with E-state index in [9.17, 15) is 9.90 Å². The molecule has 1 N–H and O–H groups in total. The Hall–Kier alpha value is -1.17. The molecule has 5 nitrogen and oxygen atoms in total. The summed E-state index contributed by atoms with van der Waals surface area (Å²) in [5, 5.41) is 10.9. The van der Waals surface area contributed by atoms with Crippen molar-refractivity contribution in [3.05, 3.63) is 24.3 Å². The molecule has 1 saturated carbocycles. The Kier molecular flexibility index (Phi) is 2.10. The van der Waals surface area contributed by atoms with E-state index in [2.05, 4.69) is 6.58 Å². The number of carbonyl (C=O) groups excluding carboxylic acids is 1. The van der Waals surface area contributed by atoms with Crippen LogP contribution < -0.4 is 0 Å². The molecule has 108 valence electrons. The van der Waals surface area contributed by atoms with Crippen LogP contribution >= 0.6 is 0 Å². The van der Waals surface area contributed by atoms with E-state index in [4.69, 9.17) is 14.5 Å². The van der Waals surface area contributed by atoms with Crippen LogP contribution in [0.3, 0.4) is 0 Å². The summed E-state index contributed by atoms with van der Waals surface area (Å²) in [6.45, 7) is 7.52. The molecule has 0 aromatic heterocycles. The van der Waals surface area contributed by atoms with Crippen LogP contribution in [-0.4, -0.2) is 34.0 Å². The summed E-state index contributed by atoms with van der Waals surface area (Å²) in [4.78, 5) is 22.9. The van der Waals surface area contributed by atoms with Crippen molar-refractivity contribution >= 4 is 5.97 Å². The van der Waals surface area contributed by atoms with Crippen LogP contribution in [0.1, 0.15) is 26.7 Å². The van der Waals surface area contributed by atoms with Gasteiger partial charge in [-0.1, -0.05) is 12.7 Å². The predicted octanol–water partition coefficient (Wildman–Crippen LogP) is 1.27. The van der Waals surface area contributed by atoms with Crippen molar-refractivity contribution in [1.82, 2.24) is 0 Å².